The first-order valence-electron chi connectivity index (χ1n) is 7.47. The van der Waals surface area contributed by atoms with Gasteiger partial charge in [0.25, 0.3) is 0 Å². The van der Waals surface area contributed by atoms with Gasteiger partial charge in [-0.2, -0.15) is 0 Å². The van der Waals surface area contributed by atoms with Gasteiger partial charge in [0.2, 0.25) is 5.91 Å². The fraction of sp³-hybridized carbons (Fsp3) is 0.500. The third-order valence-corrected chi connectivity index (χ3v) is 4.08. The van der Waals surface area contributed by atoms with Crippen LogP contribution in [0.3, 0.4) is 0 Å². The number of hydrogen-bond donors (Lipinski definition) is 2. The van der Waals surface area contributed by atoms with Crippen molar-refractivity contribution in [1.82, 2.24) is 9.97 Å². The summed E-state index contributed by atoms with van der Waals surface area (Å²) in [7, 11) is 0. The van der Waals surface area contributed by atoms with Gasteiger partial charge in [0, 0.05) is 12.1 Å². The number of fused-ring (bicyclic) bond motifs is 1. The molecular formula is C16H21N3O. The van der Waals surface area contributed by atoms with E-state index < -0.39 is 0 Å². The number of aryl methyl sites for hydroxylation is 1. The van der Waals surface area contributed by atoms with Crippen LogP contribution in [0.4, 0.5) is 5.69 Å². The van der Waals surface area contributed by atoms with Gasteiger partial charge >= 0.3 is 0 Å². The number of carbonyl (C=O) groups excluding carboxylic acids is 1. The van der Waals surface area contributed by atoms with E-state index in [1.807, 2.05) is 25.1 Å². The van der Waals surface area contributed by atoms with Gasteiger partial charge in [0.15, 0.2) is 0 Å². The standard InChI is InChI=1S/C16H21N3O/c1-11-17-14-8-7-13(10-15(14)18-11)19-16(20)9-12-5-3-2-4-6-12/h7-8,10,12H,2-6,9H2,1H3,(H,17,18)(H,19,20). The smallest absolute Gasteiger partial charge is 0.224 e. The van der Waals surface area contributed by atoms with Gasteiger partial charge in [-0.3, -0.25) is 4.79 Å². The molecule has 1 aromatic heterocycles. The molecule has 1 amide bonds. The lowest BCUT2D eigenvalue weighted by atomic mass is 9.87. The van der Waals surface area contributed by atoms with Crippen molar-refractivity contribution >= 4 is 22.6 Å². The average Bonchev–Trinajstić information content (AvgIpc) is 2.79. The van der Waals surface area contributed by atoms with Crippen LogP contribution in [0.1, 0.15) is 44.3 Å². The van der Waals surface area contributed by atoms with Crippen molar-refractivity contribution in [3.63, 3.8) is 0 Å². The summed E-state index contributed by atoms with van der Waals surface area (Å²) in [6.45, 7) is 1.93. The van der Waals surface area contributed by atoms with E-state index in [1.165, 1.54) is 32.1 Å². The van der Waals surface area contributed by atoms with Crippen LogP contribution < -0.4 is 5.32 Å². The number of amides is 1. The van der Waals surface area contributed by atoms with E-state index in [0.29, 0.717) is 12.3 Å². The normalized spacial score (nSPS) is 16.4. The van der Waals surface area contributed by atoms with Crippen molar-refractivity contribution in [2.45, 2.75) is 45.4 Å². The summed E-state index contributed by atoms with van der Waals surface area (Å²) in [5, 5.41) is 3.00. The highest BCUT2D eigenvalue weighted by Gasteiger charge is 2.17. The van der Waals surface area contributed by atoms with E-state index in [-0.39, 0.29) is 5.91 Å². The van der Waals surface area contributed by atoms with Crippen LogP contribution in [0.2, 0.25) is 0 Å². The molecule has 1 fully saturated rings. The van der Waals surface area contributed by atoms with Gasteiger partial charge in [0.1, 0.15) is 5.82 Å². The van der Waals surface area contributed by atoms with E-state index in [4.69, 9.17) is 0 Å². The van der Waals surface area contributed by atoms with Crippen LogP contribution in [0.25, 0.3) is 11.0 Å². The molecule has 4 nitrogen and oxygen atoms in total. The molecule has 20 heavy (non-hydrogen) atoms. The number of carbonyl (C=O) groups is 1. The summed E-state index contributed by atoms with van der Waals surface area (Å²) in [6, 6.07) is 5.81. The molecule has 106 valence electrons. The third kappa shape index (κ3) is 3.00. The maximum Gasteiger partial charge on any atom is 0.224 e. The monoisotopic (exact) mass is 271 g/mol. The summed E-state index contributed by atoms with van der Waals surface area (Å²) in [4.78, 5) is 19.6. The Morgan fingerprint density at radius 3 is 2.95 bits per heavy atom. The number of hydrogen-bond acceptors (Lipinski definition) is 2. The molecular weight excluding hydrogens is 250 g/mol. The second kappa shape index (κ2) is 5.65. The van der Waals surface area contributed by atoms with Crippen molar-refractivity contribution in [2.24, 2.45) is 5.92 Å². The minimum Gasteiger partial charge on any atom is -0.342 e. The fourth-order valence-corrected chi connectivity index (χ4v) is 3.08. The molecule has 4 heteroatoms. The zero-order valence-corrected chi connectivity index (χ0v) is 11.9. The van der Waals surface area contributed by atoms with Crippen LogP contribution in [-0.4, -0.2) is 15.9 Å². The van der Waals surface area contributed by atoms with Gasteiger partial charge in [-0.15, -0.1) is 0 Å². The van der Waals surface area contributed by atoms with Gasteiger partial charge in [-0.25, -0.2) is 4.98 Å². The largest absolute Gasteiger partial charge is 0.342 e. The van der Waals surface area contributed by atoms with E-state index >= 15 is 0 Å². The fourth-order valence-electron chi connectivity index (χ4n) is 3.08. The second-order valence-electron chi connectivity index (χ2n) is 5.81. The van der Waals surface area contributed by atoms with E-state index in [2.05, 4.69) is 15.3 Å². The third-order valence-electron chi connectivity index (χ3n) is 4.08. The van der Waals surface area contributed by atoms with Crippen molar-refractivity contribution in [2.75, 3.05) is 5.32 Å². The molecule has 1 saturated carbocycles. The maximum absolute atomic E-state index is 12.1. The molecule has 0 aliphatic heterocycles. The molecule has 1 heterocycles. The van der Waals surface area contributed by atoms with Crippen molar-refractivity contribution in [1.29, 1.82) is 0 Å². The number of H-pyrrole nitrogens is 1. The Balaban J connectivity index is 1.64. The molecule has 0 radical (unpaired) electrons. The molecule has 1 aromatic carbocycles. The van der Waals surface area contributed by atoms with E-state index in [1.54, 1.807) is 0 Å². The molecule has 0 saturated heterocycles. The van der Waals surface area contributed by atoms with E-state index in [9.17, 15) is 4.79 Å². The Labute approximate surface area is 119 Å². The Morgan fingerprint density at radius 1 is 1.35 bits per heavy atom. The molecule has 2 aromatic rings. The first kappa shape index (κ1) is 13.2. The van der Waals surface area contributed by atoms with Crippen LogP contribution in [0.5, 0.6) is 0 Å². The Morgan fingerprint density at radius 2 is 2.15 bits per heavy atom. The lowest BCUT2D eigenvalue weighted by Gasteiger charge is -2.20. The average molecular weight is 271 g/mol. The highest BCUT2D eigenvalue weighted by atomic mass is 16.1. The minimum absolute atomic E-state index is 0.132. The molecule has 1 aliphatic carbocycles. The number of imidazole rings is 1. The lowest BCUT2D eigenvalue weighted by molar-refractivity contribution is -0.117. The quantitative estimate of drug-likeness (QED) is 0.892. The van der Waals surface area contributed by atoms with Crippen molar-refractivity contribution in [3.8, 4) is 0 Å². The van der Waals surface area contributed by atoms with Crippen LogP contribution >= 0.6 is 0 Å². The summed E-state index contributed by atoms with van der Waals surface area (Å²) < 4.78 is 0. The maximum atomic E-state index is 12.1. The van der Waals surface area contributed by atoms with Crippen LogP contribution in [0.15, 0.2) is 18.2 Å². The highest BCUT2D eigenvalue weighted by molar-refractivity contribution is 5.93. The zero-order valence-electron chi connectivity index (χ0n) is 11.9. The highest BCUT2D eigenvalue weighted by Crippen LogP contribution is 2.26. The van der Waals surface area contributed by atoms with E-state index in [0.717, 1.165) is 22.5 Å². The number of nitrogens with zero attached hydrogens (tertiary/aromatic N) is 1. The molecule has 3 rings (SSSR count). The first-order chi connectivity index (χ1) is 9.70. The predicted octanol–water partition coefficient (Wildman–Crippen LogP) is 3.78. The number of aromatic nitrogens is 2. The molecule has 0 unspecified atom stereocenters. The summed E-state index contributed by atoms with van der Waals surface area (Å²) in [5.41, 5.74) is 2.76. The number of aromatic amines is 1. The Bertz CT molecular complexity index is 611. The molecule has 0 spiro atoms. The molecule has 0 atom stereocenters. The summed E-state index contributed by atoms with van der Waals surface area (Å²) in [6.07, 6.45) is 6.93. The summed E-state index contributed by atoms with van der Waals surface area (Å²) in [5.74, 6) is 1.60. The summed E-state index contributed by atoms with van der Waals surface area (Å²) >= 11 is 0. The van der Waals surface area contributed by atoms with Crippen LogP contribution in [0, 0.1) is 12.8 Å². The number of anilines is 1. The first-order valence-corrected chi connectivity index (χ1v) is 7.47. The molecule has 1 aliphatic rings. The number of nitrogens with one attached hydrogen (secondary N) is 2. The van der Waals surface area contributed by atoms with Gasteiger partial charge < -0.3 is 10.3 Å². The zero-order chi connectivity index (χ0) is 13.9. The number of benzene rings is 1. The Hall–Kier alpha value is -1.84. The number of rotatable bonds is 3. The Kier molecular flexibility index (Phi) is 3.72. The van der Waals surface area contributed by atoms with Crippen molar-refractivity contribution in [3.05, 3.63) is 24.0 Å². The molecule has 0 bridgehead atoms. The van der Waals surface area contributed by atoms with Crippen molar-refractivity contribution < 1.29 is 4.79 Å². The molecule has 2 N–H and O–H groups in total. The second-order valence-corrected chi connectivity index (χ2v) is 5.81. The topological polar surface area (TPSA) is 57.8 Å². The lowest BCUT2D eigenvalue weighted by Crippen LogP contribution is -2.18. The van der Waals surface area contributed by atoms with Gasteiger partial charge in [-0.05, 0) is 43.9 Å². The predicted molar refractivity (Wildman–Crippen MR) is 80.7 cm³/mol. The SMILES string of the molecule is Cc1nc2ccc(NC(=O)CC3CCCCC3)cc2[nH]1. The minimum atomic E-state index is 0.132. The van der Waals surface area contributed by atoms with Gasteiger partial charge in [-0.1, -0.05) is 19.3 Å². The van der Waals surface area contributed by atoms with Crippen LogP contribution in [-0.2, 0) is 4.79 Å². The van der Waals surface area contributed by atoms with Gasteiger partial charge in [0.05, 0.1) is 11.0 Å².